The van der Waals surface area contributed by atoms with Gasteiger partial charge in [0.25, 0.3) is 5.91 Å². The molecule has 0 aliphatic carbocycles. The van der Waals surface area contributed by atoms with Gasteiger partial charge in [-0.15, -0.1) is 0 Å². The van der Waals surface area contributed by atoms with Gasteiger partial charge in [-0.25, -0.2) is 13.5 Å². The first-order valence-electron chi connectivity index (χ1n) is 8.59. The third-order valence-corrected chi connectivity index (χ3v) is 5.03. The van der Waals surface area contributed by atoms with E-state index in [0.29, 0.717) is 11.3 Å². The number of aryl methyl sites for hydroxylation is 1. The highest BCUT2D eigenvalue weighted by atomic mass is 32.1. The third-order valence-electron chi connectivity index (χ3n) is 4.73. The topological polar surface area (TPSA) is 50.2 Å². The van der Waals surface area contributed by atoms with E-state index in [1.165, 1.54) is 6.07 Å². The zero-order chi connectivity index (χ0) is 20.0. The van der Waals surface area contributed by atoms with Crippen LogP contribution in [0.3, 0.4) is 0 Å². The van der Waals surface area contributed by atoms with Crippen LogP contribution in [0.25, 0.3) is 5.69 Å². The molecule has 1 fully saturated rings. The van der Waals surface area contributed by atoms with Gasteiger partial charge in [0.2, 0.25) is 0 Å². The minimum Gasteiger partial charge on any atom is -0.346 e. The number of nitrogens with zero attached hydrogens (tertiary/aromatic N) is 3. The number of amides is 1. The van der Waals surface area contributed by atoms with Crippen molar-refractivity contribution in [2.45, 2.75) is 19.9 Å². The monoisotopic (exact) mass is 398 g/mol. The number of anilines is 1. The molecule has 2 heterocycles. The molecule has 1 amide bonds. The lowest BCUT2D eigenvalue weighted by Gasteiger charge is -2.15. The number of carbonyl (C=O) groups is 1. The number of benzene rings is 2. The molecule has 1 N–H and O–H groups in total. The predicted octanol–water partition coefficient (Wildman–Crippen LogP) is 3.73. The van der Waals surface area contributed by atoms with E-state index in [4.69, 9.17) is 12.2 Å². The normalized spacial score (nSPS) is 16.6. The first-order valence-corrected chi connectivity index (χ1v) is 9.00. The van der Waals surface area contributed by atoms with E-state index in [9.17, 15) is 13.6 Å². The van der Waals surface area contributed by atoms with Gasteiger partial charge in [0.15, 0.2) is 5.11 Å². The highest BCUT2D eigenvalue weighted by Crippen LogP contribution is 2.32. The Hall–Kier alpha value is -3.13. The van der Waals surface area contributed by atoms with Gasteiger partial charge in [0.05, 0.1) is 17.1 Å². The van der Waals surface area contributed by atoms with Crippen LogP contribution in [0.15, 0.2) is 48.5 Å². The van der Waals surface area contributed by atoms with Gasteiger partial charge in [-0.1, -0.05) is 18.2 Å². The molecule has 2 aromatic carbocycles. The highest BCUT2D eigenvalue weighted by Gasteiger charge is 2.41. The smallest absolute Gasteiger partial charge is 0.260 e. The second-order valence-electron chi connectivity index (χ2n) is 6.48. The summed E-state index contributed by atoms with van der Waals surface area (Å²) in [5.41, 5.74) is 2.90. The van der Waals surface area contributed by atoms with Gasteiger partial charge in [-0.3, -0.25) is 9.69 Å². The van der Waals surface area contributed by atoms with Crippen molar-refractivity contribution in [3.63, 3.8) is 0 Å². The molecule has 0 spiro atoms. The summed E-state index contributed by atoms with van der Waals surface area (Å²) in [5, 5.41) is 7.56. The van der Waals surface area contributed by atoms with Crippen LogP contribution in [-0.4, -0.2) is 20.8 Å². The Labute approximate surface area is 165 Å². The number of hydrogen-bond acceptors (Lipinski definition) is 3. The fraction of sp³-hybridized carbons (Fsp3) is 0.150. The molecule has 1 aliphatic rings. The molecule has 8 heteroatoms. The van der Waals surface area contributed by atoms with Crippen LogP contribution in [0.4, 0.5) is 14.5 Å². The summed E-state index contributed by atoms with van der Waals surface area (Å²) < 4.78 is 29.2. The maximum Gasteiger partial charge on any atom is 0.260 e. The Bertz CT molecular complexity index is 1100. The fourth-order valence-electron chi connectivity index (χ4n) is 3.46. The minimum atomic E-state index is -0.855. The fourth-order valence-corrected chi connectivity index (χ4v) is 3.76. The summed E-state index contributed by atoms with van der Waals surface area (Å²) in [7, 11) is 0. The number of nitrogens with one attached hydrogen (secondary N) is 1. The quantitative estimate of drug-likeness (QED) is 0.683. The van der Waals surface area contributed by atoms with Crippen LogP contribution >= 0.6 is 12.2 Å². The van der Waals surface area contributed by atoms with Gasteiger partial charge >= 0.3 is 0 Å². The van der Waals surface area contributed by atoms with Crippen molar-refractivity contribution in [2.75, 3.05) is 4.90 Å². The van der Waals surface area contributed by atoms with Gasteiger partial charge in [0, 0.05) is 17.3 Å². The van der Waals surface area contributed by atoms with Gasteiger partial charge in [-0.2, -0.15) is 5.10 Å². The van der Waals surface area contributed by atoms with Crippen LogP contribution in [0.5, 0.6) is 0 Å². The van der Waals surface area contributed by atoms with E-state index in [1.54, 1.807) is 11.6 Å². The second kappa shape index (κ2) is 6.79. The molecular weight excluding hydrogens is 382 g/mol. The molecule has 4 rings (SSSR count). The molecule has 1 aliphatic heterocycles. The molecule has 1 aromatic heterocycles. The lowest BCUT2D eigenvalue weighted by atomic mass is 10.0. The molecule has 0 bridgehead atoms. The first-order chi connectivity index (χ1) is 13.4. The standard InChI is InChI=1S/C20H16F2N4OS/c1-11-17(12(2)26(24-11)14-6-4-3-5-7-14)18-19(27)25(20(28)23-18)16-9-8-13(21)10-15(16)22/h3-10,18H,1-2H3,(H,23,28)/t18-/m1/s1. The predicted molar refractivity (Wildman–Crippen MR) is 105 cm³/mol. The van der Waals surface area contributed by atoms with Crippen molar-refractivity contribution in [3.05, 3.63) is 77.1 Å². The second-order valence-corrected chi connectivity index (χ2v) is 6.87. The SMILES string of the molecule is Cc1nn(-c2ccccc2)c(C)c1[C@H]1NC(=S)N(c2ccc(F)cc2F)C1=O. The largest absolute Gasteiger partial charge is 0.346 e. The summed E-state index contributed by atoms with van der Waals surface area (Å²) in [5.74, 6) is -2.01. The molecule has 142 valence electrons. The van der Waals surface area contributed by atoms with Crippen molar-refractivity contribution >= 4 is 28.9 Å². The van der Waals surface area contributed by atoms with E-state index in [1.807, 2.05) is 37.3 Å². The van der Waals surface area contributed by atoms with Crippen LogP contribution in [0.1, 0.15) is 23.0 Å². The Morgan fingerprint density at radius 3 is 2.50 bits per heavy atom. The summed E-state index contributed by atoms with van der Waals surface area (Å²) in [6, 6.07) is 11.8. The van der Waals surface area contributed by atoms with E-state index in [2.05, 4.69) is 10.4 Å². The number of halogens is 2. The molecule has 28 heavy (non-hydrogen) atoms. The van der Waals surface area contributed by atoms with Gasteiger partial charge < -0.3 is 5.32 Å². The average Bonchev–Trinajstić information content (AvgIpc) is 3.11. The minimum absolute atomic E-state index is 0.0618. The Morgan fingerprint density at radius 2 is 1.82 bits per heavy atom. The molecule has 5 nitrogen and oxygen atoms in total. The number of aromatic nitrogens is 2. The summed E-state index contributed by atoms with van der Waals surface area (Å²) in [6.07, 6.45) is 0. The molecular formula is C20H16F2N4OS. The number of thiocarbonyl (C=S) groups is 1. The molecule has 1 atom stereocenters. The van der Waals surface area contributed by atoms with Crippen molar-refractivity contribution in [1.82, 2.24) is 15.1 Å². The number of hydrogen-bond donors (Lipinski definition) is 1. The summed E-state index contributed by atoms with van der Waals surface area (Å²) >= 11 is 5.26. The average molecular weight is 398 g/mol. The van der Waals surface area contributed by atoms with E-state index in [-0.39, 0.29) is 10.8 Å². The number of para-hydroxylation sites is 1. The zero-order valence-corrected chi connectivity index (χ0v) is 15.9. The third kappa shape index (κ3) is 2.86. The van der Waals surface area contributed by atoms with Crippen molar-refractivity contribution in [2.24, 2.45) is 0 Å². The first kappa shape index (κ1) is 18.2. The number of rotatable bonds is 3. The maximum absolute atomic E-state index is 14.2. The molecule has 0 radical (unpaired) electrons. The molecule has 0 saturated carbocycles. The van der Waals surface area contributed by atoms with Crippen LogP contribution < -0.4 is 10.2 Å². The highest BCUT2D eigenvalue weighted by molar-refractivity contribution is 7.80. The Kier molecular flexibility index (Phi) is 4.43. The van der Waals surface area contributed by atoms with Crippen molar-refractivity contribution in [1.29, 1.82) is 0 Å². The van der Waals surface area contributed by atoms with Crippen molar-refractivity contribution < 1.29 is 13.6 Å². The van der Waals surface area contributed by atoms with Gasteiger partial charge in [0.1, 0.15) is 17.7 Å². The van der Waals surface area contributed by atoms with Gasteiger partial charge in [-0.05, 0) is 50.3 Å². The molecule has 1 saturated heterocycles. The molecule has 0 unspecified atom stereocenters. The maximum atomic E-state index is 14.2. The zero-order valence-electron chi connectivity index (χ0n) is 15.1. The van der Waals surface area contributed by atoms with Crippen molar-refractivity contribution in [3.8, 4) is 5.69 Å². The Balaban J connectivity index is 1.75. The molecule has 3 aromatic rings. The lowest BCUT2D eigenvalue weighted by Crippen LogP contribution is -2.31. The lowest BCUT2D eigenvalue weighted by molar-refractivity contribution is -0.118. The summed E-state index contributed by atoms with van der Waals surface area (Å²) in [6.45, 7) is 3.67. The Morgan fingerprint density at radius 1 is 1.11 bits per heavy atom. The summed E-state index contributed by atoms with van der Waals surface area (Å²) in [4.78, 5) is 14.1. The van der Waals surface area contributed by atoms with E-state index in [0.717, 1.165) is 28.4 Å². The van der Waals surface area contributed by atoms with Crippen LogP contribution in [0, 0.1) is 25.5 Å². The van der Waals surface area contributed by atoms with Crippen LogP contribution in [-0.2, 0) is 4.79 Å². The van der Waals surface area contributed by atoms with E-state index < -0.39 is 23.6 Å². The number of carbonyl (C=O) groups excluding carboxylic acids is 1. The van der Waals surface area contributed by atoms with Crippen LogP contribution in [0.2, 0.25) is 0 Å². The van der Waals surface area contributed by atoms with E-state index >= 15 is 0 Å².